The average molecular weight is 383 g/mol. The molecule has 25 heavy (non-hydrogen) atoms. The van der Waals surface area contributed by atoms with Gasteiger partial charge in [-0.1, -0.05) is 42.5 Å². The van der Waals surface area contributed by atoms with E-state index in [4.69, 9.17) is 10.5 Å². The van der Waals surface area contributed by atoms with Crippen LogP contribution in [0, 0.1) is 6.92 Å². The molecule has 0 aromatic heterocycles. The van der Waals surface area contributed by atoms with Gasteiger partial charge in [-0.2, -0.15) is 0 Å². The summed E-state index contributed by atoms with van der Waals surface area (Å²) in [6.07, 6.45) is 1.23. The zero-order chi connectivity index (χ0) is 16.1. The van der Waals surface area contributed by atoms with Crippen molar-refractivity contribution in [2.75, 3.05) is 26.2 Å². The number of hydrogen-bond acceptors (Lipinski definition) is 3. The van der Waals surface area contributed by atoms with Gasteiger partial charge in [0.25, 0.3) is 0 Å². The molecular weight excluding hydrogens is 355 g/mol. The maximum Gasteiger partial charge on any atom is 0.0714 e. The lowest BCUT2D eigenvalue weighted by atomic mass is 9.99. The SMILES string of the molecule is Cc1ccccc1-c1cccc(CN2CCOC(CCN)C2)c1.Cl.Cl. The molecule has 1 heterocycles. The maximum atomic E-state index is 5.77. The van der Waals surface area contributed by atoms with E-state index in [1.807, 2.05) is 0 Å². The van der Waals surface area contributed by atoms with E-state index in [1.165, 1.54) is 22.3 Å². The number of hydrogen-bond donors (Lipinski definition) is 1. The smallest absolute Gasteiger partial charge is 0.0714 e. The van der Waals surface area contributed by atoms with Crippen LogP contribution in [0.4, 0.5) is 0 Å². The molecule has 0 saturated carbocycles. The minimum Gasteiger partial charge on any atom is -0.376 e. The third-order valence-corrected chi connectivity index (χ3v) is 4.50. The largest absolute Gasteiger partial charge is 0.376 e. The Morgan fingerprint density at radius 3 is 2.68 bits per heavy atom. The summed E-state index contributed by atoms with van der Waals surface area (Å²) in [4.78, 5) is 2.47. The molecule has 1 unspecified atom stereocenters. The summed E-state index contributed by atoms with van der Waals surface area (Å²) in [5.41, 5.74) is 11.0. The Bertz CT molecular complexity index is 649. The molecule has 1 aliphatic rings. The number of ether oxygens (including phenoxy) is 1. The van der Waals surface area contributed by atoms with Crippen LogP contribution in [0.1, 0.15) is 17.5 Å². The summed E-state index contributed by atoms with van der Waals surface area (Å²) < 4.78 is 5.77. The highest BCUT2D eigenvalue weighted by Gasteiger charge is 2.19. The predicted molar refractivity (Wildman–Crippen MR) is 110 cm³/mol. The summed E-state index contributed by atoms with van der Waals surface area (Å²) in [7, 11) is 0. The number of nitrogens with zero attached hydrogens (tertiary/aromatic N) is 1. The molecule has 1 atom stereocenters. The number of halogens is 2. The molecule has 2 aromatic carbocycles. The number of rotatable bonds is 5. The van der Waals surface area contributed by atoms with Gasteiger partial charge in [-0.25, -0.2) is 0 Å². The van der Waals surface area contributed by atoms with E-state index in [-0.39, 0.29) is 30.9 Å². The second kappa shape index (κ2) is 10.8. The highest BCUT2D eigenvalue weighted by molar-refractivity contribution is 5.85. The van der Waals surface area contributed by atoms with Gasteiger partial charge < -0.3 is 10.5 Å². The second-order valence-electron chi connectivity index (χ2n) is 6.32. The Morgan fingerprint density at radius 2 is 1.92 bits per heavy atom. The van der Waals surface area contributed by atoms with E-state index in [0.717, 1.165) is 32.7 Å². The van der Waals surface area contributed by atoms with Crippen LogP contribution in [0.15, 0.2) is 48.5 Å². The Balaban J connectivity index is 0.00000156. The molecule has 2 N–H and O–H groups in total. The minimum absolute atomic E-state index is 0. The summed E-state index contributed by atoms with van der Waals surface area (Å²) in [5, 5.41) is 0. The van der Waals surface area contributed by atoms with Crippen LogP contribution in [0.3, 0.4) is 0 Å². The summed E-state index contributed by atoms with van der Waals surface area (Å²) in [6, 6.07) is 17.5. The lowest BCUT2D eigenvalue weighted by Gasteiger charge is -2.32. The van der Waals surface area contributed by atoms with E-state index in [1.54, 1.807) is 0 Å². The fourth-order valence-corrected chi connectivity index (χ4v) is 3.28. The van der Waals surface area contributed by atoms with E-state index in [2.05, 4.69) is 60.4 Å². The molecule has 0 aliphatic carbocycles. The topological polar surface area (TPSA) is 38.5 Å². The van der Waals surface area contributed by atoms with Crippen molar-refractivity contribution in [3.8, 4) is 11.1 Å². The van der Waals surface area contributed by atoms with E-state index < -0.39 is 0 Å². The highest BCUT2D eigenvalue weighted by Crippen LogP contribution is 2.24. The van der Waals surface area contributed by atoms with E-state index in [9.17, 15) is 0 Å². The van der Waals surface area contributed by atoms with Crippen LogP contribution in [0.25, 0.3) is 11.1 Å². The Kier molecular flexibility index (Phi) is 9.47. The van der Waals surface area contributed by atoms with Gasteiger partial charge in [-0.15, -0.1) is 24.8 Å². The van der Waals surface area contributed by atoms with Gasteiger partial charge in [-0.05, 0) is 48.2 Å². The zero-order valence-corrected chi connectivity index (χ0v) is 16.3. The Hall–Kier alpha value is -1.10. The van der Waals surface area contributed by atoms with E-state index in [0.29, 0.717) is 6.54 Å². The van der Waals surface area contributed by atoms with Crippen molar-refractivity contribution >= 4 is 24.8 Å². The van der Waals surface area contributed by atoms with Crippen LogP contribution in [0.2, 0.25) is 0 Å². The van der Waals surface area contributed by atoms with E-state index >= 15 is 0 Å². The maximum absolute atomic E-state index is 5.77. The van der Waals surface area contributed by atoms with Crippen LogP contribution in [-0.4, -0.2) is 37.2 Å². The quantitative estimate of drug-likeness (QED) is 0.847. The molecule has 0 bridgehead atoms. The first-order chi connectivity index (χ1) is 11.3. The van der Waals surface area contributed by atoms with Gasteiger partial charge in [0.2, 0.25) is 0 Å². The first-order valence-electron chi connectivity index (χ1n) is 8.45. The predicted octanol–water partition coefficient (Wildman–Crippen LogP) is 4.06. The summed E-state index contributed by atoms with van der Waals surface area (Å²) in [6.45, 7) is 6.62. The minimum atomic E-state index is 0. The molecule has 0 radical (unpaired) electrons. The van der Waals surface area contributed by atoms with Crippen LogP contribution in [-0.2, 0) is 11.3 Å². The third-order valence-electron chi connectivity index (χ3n) is 4.50. The second-order valence-corrected chi connectivity index (χ2v) is 6.32. The molecular formula is C20H28Cl2N2O. The van der Waals surface area contributed by atoms with Crippen LogP contribution in [0.5, 0.6) is 0 Å². The molecule has 3 rings (SSSR count). The summed E-state index contributed by atoms with van der Waals surface area (Å²) in [5.74, 6) is 0. The first kappa shape index (κ1) is 21.9. The molecule has 5 heteroatoms. The fraction of sp³-hybridized carbons (Fsp3) is 0.400. The number of morpholine rings is 1. The van der Waals surface area contributed by atoms with Gasteiger partial charge in [0, 0.05) is 19.6 Å². The highest BCUT2D eigenvalue weighted by atomic mass is 35.5. The molecule has 138 valence electrons. The summed E-state index contributed by atoms with van der Waals surface area (Å²) >= 11 is 0. The van der Waals surface area contributed by atoms with Gasteiger partial charge in [-0.3, -0.25) is 4.90 Å². The van der Waals surface area contributed by atoms with Crippen molar-refractivity contribution < 1.29 is 4.74 Å². The normalized spacial score (nSPS) is 17.4. The molecule has 1 aliphatic heterocycles. The van der Waals surface area contributed by atoms with Crippen molar-refractivity contribution in [1.82, 2.24) is 4.90 Å². The molecule has 3 nitrogen and oxygen atoms in total. The van der Waals surface area contributed by atoms with Gasteiger partial charge in [0.15, 0.2) is 0 Å². The van der Waals surface area contributed by atoms with Crippen molar-refractivity contribution in [3.63, 3.8) is 0 Å². The number of benzene rings is 2. The molecule has 1 saturated heterocycles. The number of aryl methyl sites for hydroxylation is 1. The molecule has 0 amide bonds. The fourth-order valence-electron chi connectivity index (χ4n) is 3.28. The van der Waals surface area contributed by atoms with Gasteiger partial charge >= 0.3 is 0 Å². The average Bonchev–Trinajstić information content (AvgIpc) is 2.56. The van der Waals surface area contributed by atoms with Gasteiger partial charge in [0.05, 0.1) is 12.7 Å². The van der Waals surface area contributed by atoms with Crippen LogP contribution < -0.4 is 5.73 Å². The lowest BCUT2D eigenvalue weighted by molar-refractivity contribution is -0.0335. The van der Waals surface area contributed by atoms with Crippen molar-refractivity contribution in [3.05, 3.63) is 59.7 Å². The lowest BCUT2D eigenvalue weighted by Crippen LogP contribution is -2.42. The third kappa shape index (κ3) is 5.98. The molecule has 2 aromatic rings. The first-order valence-corrected chi connectivity index (χ1v) is 8.45. The van der Waals surface area contributed by atoms with Gasteiger partial charge in [0.1, 0.15) is 0 Å². The molecule has 1 fully saturated rings. The van der Waals surface area contributed by atoms with Crippen molar-refractivity contribution in [1.29, 1.82) is 0 Å². The Morgan fingerprint density at radius 1 is 1.12 bits per heavy atom. The Labute approximate surface area is 163 Å². The van der Waals surface area contributed by atoms with Crippen LogP contribution >= 0.6 is 24.8 Å². The standard InChI is InChI=1S/C20H26N2O.2ClH/c1-16-5-2-3-8-20(16)18-7-4-6-17(13-18)14-22-11-12-23-19(15-22)9-10-21;;/h2-8,13,19H,9-12,14-15,21H2,1H3;2*1H. The zero-order valence-electron chi connectivity index (χ0n) is 14.7. The number of nitrogens with two attached hydrogens (primary N) is 1. The monoisotopic (exact) mass is 382 g/mol. The van der Waals surface area contributed by atoms with Crippen molar-refractivity contribution in [2.24, 2.45) is 5.73 Å². The van der Waals surface area contributed by atoms with Crippen molar-refractivity contribution in [2.45, 2.75) is 26.0 Å². The molecule has 0 spiro atoms.